The Morgan fingerprint density at radius 3 is 2.13 bits per heavy atom. The van der Waals surface area contributed by atoms with Crippen LogP contribution in [-0.2, 0) is 9.53 Å². The summed E-state index contributed by atoms with van der Waals surface area (Å²) in [6.07, 6.45) is 1.69. The SMILES string of the molecule is CCC(N)(CC)CNC(=O)C(C)(C)OC. The van der Waals surface area contributed by atoms with E-state index >= 15 is 0 Å². The quantitative estimate of drug-likeness (QED) is 0.697. The first-order valence-electron chi connectivity index (χ1n) is 5.43. The number of hydrogen-bond acceptors (Lipinski definition) is 3. The van der Waals surface area contributed by atoms with Gasteiger partial charge in [0.25, 0.3) is 5.91 Å². The van der Waals surface area contributed by atoms with Crippen LogP contribution in [0.25, 0.3) is 0 Å². The summed E-state index contributed by atoms with van der Waals surface area (Å²) in [4.78, 5) is 11.7. The second-order valence-electron chi connectivity index (χ2n) is 4.47. The van der Waals surface area contributed by atoms with Crippen LogP contribution in [0.2, 0.25) is 0 Å². The van der Waals surface area contributed by atoms with Crippen LogP contribution >= 0.6 is 0 Å². The molecule has 0 spiro atoms. The van der Waals surface area contributed by atoms with Crippen LogP contribution < -0.4 is 11.1 Å². The Labute approximate surface area is 92.6 Å². The number of nitrogens with one attached hydrogen (secondary N) is 1. The van der Waals surface area contributed by atoms with E-state index < -0.39 is 5.60 Å². The van der Waals surface area contributed by atoms with Crippen LogP contribution in [-0.4, -0.2) is 30.7 Å². The van der Waals surface area contributed by atoms with Crippen molar-refractivity contribution in [3.05, 3.63) is 0 Å². The lowest BCUT2D eigenvalue weighted by atomic mass is 9.94. The van der Waals surface area contributed by atoms with Gasteiger partial charge in [-0.1, -0.05) is 13.8 Å². The van der Waals surface area contributed by atoms with Crippen molar-refractivity contribution in [3.63, 3.8) is 0 Å². The molecule has 0 aromatic carbocycles. The van der Waals surface area contributed by atoms with Gasteiger partial charge in [0.1, 0.15) is 5.60 Å². The maximum absolute atomic E-state index is 11.7. The van der Waals surface area contributed by atoms with E-state index in [-0.39, 0.29) is 11.4 Å². The molecule has 0 radical (unpaired) electrons. The highest BCUT2D eigenvalue weighted by Gasteiger charge is 2.29. The number of methoxy groups -OCH3 is 1. The first-order chi connectivity index (χ1) is 6.81. The Balaban J connectivity index is 4.22. The van der Waals surface area contributed by atoms with Crippen LogP contribution in [0, 0.1) is 0 Å². The van der Waals surface area contributed by atoms with Gasteiger partial charge < -0.3 is 15.8 Å². The minimum atomic E-state index is -0.789. The first-order valence-corrected chi connectivity index (χ1v) is 5.43. The third-order valence-electron chi connectivity index (χ3n) is 3.07. The third kappa shape index (κ3) is 4.18. The molecule has 0 bridgehead atoms. The molecule has 0 aromatic rings. The van der Waals surface area contributed by atoms with E-state index in [4.69, 9.17) is 10.5 Å². The van der Waals surface area contributed by atoms with Gasteiger partial charge in [-0.05, 0) is 26.7 Å². The van der Waals surface area contributed by atoms with E-state index in [1.165, 1.54) is 7.11 Å². The number of carbonyl (C=O) groups is 1. The van der Waals surface area contributed by atoms with Gasteiger partial charge in [-0.15, -0.1) is 0 Å². The molecule has 15 heavy (non-hydrogen) atoms. The number of rotatable bonds is 6. The second-order valence-corrected chi connectivity index (χ2v) is 4.47. The molecule has 0 aliphatic rings. The van der Waals surface area contributed by atoms with Gasteiger partial charge in [0.2, 0.25) is 0 Å². The monoisotopic (exact) mass is 216 g/mol. The number of amides is 1. The average Bonchev–Trinajstić information content (AvgIpc) is 2.25. The van der Waals surface area contributed by atoms with E-state index in [1.54, 1.807) is 13.8 Å². The molecule has 0 rings (SSSR count). The van der Waals surface area contributed by atoms with E-state index in [9.17, 15) is 4.79 Å². The van der Waals surface area contributed by atoms with E-state index in [1.807, 2.05) is 13.8 Å². The van der Waals surface area contributed by atoms with Crippen molar-refractivity contribution in [2.45, 2.75) is 51.7 Å². The summed E-state index contributed by atoms with van der Waals surface area (Å²) in [6, 6.07) is 0. The fourth-order valence-electron chi connectivity index (χ4n) is 1.06. The van der Waals surface area contributed by atoms with Crippen molar-refractivity contribution in [1.82, 2.24) is 5.32 Å². The zero-order valence-corrected chi connectivity index (χ0v) is 10.5. The summed E-state index contributed by atoms with van der Waals surface area (Å²) >= 11 is 0. The van der Waals surface area contributed by atoms with Gasteiger partial charge in [0.15, 0.2) is 0 Å². The van der Waals surface area contributed by atoms with Crippen LogP contribution in [0.4, 0.5) is 0 Å². The molecule has 1 amide bonds. The molecule has 0 aromatic heterocycles. The highest BCUT2D eigenvalue weighted by atomic mass is 16.5. The predicted octanol–water partition coefficient (Wildman–Crippen LogP) is 1.05. The summed E-state index contributed by atoms with van der Waals surface area (Å²) in [5.41, 5.74) is 4.98. The van der Waals surface area contributed by atoms with Gasteiger partial charge in [-0.3, -0.25) is 4.79 Å². The molecule has 4 nitrogen and oxygen atoms in total. The molecule has 0 saturated heterocycles. The highest BCUT2D eigenvalue weighted by Crippen LogP contribution is 2.11. The van der Waals surface area contributed by atoms with Crippen LogP contribution in [0.15, 0.2) is 0 Å². The summed E-state index contributed by atoms with van der Waals surface area (Å²) in [5.74, 6) is -0.123. The van der Waals surface area contributed by atoms with Crippen LogP contribution in [0.1, 0.15) is 40.5 Å². The molecule has 0 aliphatic heterocycles. The highest BCUT2D eigenvalue weighted by molar-refractivity contribution is 5.84. The molecule has 0 saturated carbocycles. The fourth-order valence-corrected chi connectivity index (χ4v) is 1.06. The molecule has 0 heterocycles. The molecular formula is C11H24N2O2. The lowest BCUT2D eigenvalue weighted by molar-refractivity contribution is -0.139. The smallest absolute Gasteiger partial charge is 0.251 e. The van der Waals surface area contributed by atoms with Crippen molar-refractivity contribution in [3.8, 4) is 0 Å². The van der Waals surface area contributed by atoms with Crippen molar-refractivity contribution < 1.29 is 9.53 Å². The maximum atomic E-state index is 11.7. The van der Waals surface area contributed by atoms with Gasteiger partial charge in [-0.25, -0.2) is 0 Å². The van der Waals surface area contributed by atoms with Crippen molar-refractivity contribution in [1.29, 1.82) is 0 Å². The van der Waals surface area contributed by atoms with E-state index in [2.05, 4.69) is 5.32 Å². The topological polar surface area (TPSA) is 64.3 Å². The summed E-state index contributed by atoms with van der Waals surface area (Å²) in [5, 5.41) is 2.83. The molecule has 0 unspecified atom stereocenters. The molecular weight excluding hydrogens is 192 g/mol. The number of ether oxygens (including phenoxy) is 1. The Bertz CT molecular complexity index is 211. The van der Waals surface area contributed by atoms with Gasteiger partial charge in [0.05, 0.1) is 0 Å². The Morgan fingerprint density at radius 1 is 1.33 bits per heavy atom. The number of nitrogens with two attached hydrogens (primary N) is 1. The van der Waals surface area contributed by atoms with Gasteiger partial charge >= 0.3 is 0 Å². The third-order valence-corrected chi connectivity index (χ3v) is 3.07. The number of hydrogen-bond donors (Lipinski definition) is 2. The van der Waals surface area contributed by atoms with E-state index in [0.29, 0.717) is 6.54 Å². The molecule has 3 N–H and O–H groups in total. The van der Waals surface area contributed by atoms with Crippen LogP contribution in [0.5, 0.6) is 0 Å². The average molecular weight is 216 g/mol. The maximum Gasteiger partial charge on any atom is 0.251 e. The van der Waals surface area contributed by atoms with E-state index in [0.717, 1.165) is 12.8 Å². The van der Waals surface area contributed by atoms with Crippen molar-refractivity contribution >= 4 is 5.91 Å². The summed E-state index contributed by atoms with van der Waals surface area (Å²) < 4.78 is 5.08. The summed E-state index contributed by atoms with van der Waals surface area (Å²) in [7, 11) is 1.52. The molecule has 0 fully saturated rings. The Morgan fingerprint density at radius 2 is 1.80 bits per heavy atom. The fraction of sp³-hybridized carbons (Fsp3) is 0.909. The van der Waals surface area contributed by atoms with Crippen LogP contribution in [0.3, 0.4) is 0 Å². The molecule has 0 aliphatic carbocycles. The lowest BCUT2D eigenvalue weighted by Crippen LogP contribution is -2.53. The zero-order valence-electron chi connectivity index (χ0n) is 10.5. The molecule has 0 atom stereocenters. The Kier molecular flexibility index (Phi) is 5.24. The Hall–Kier alpha value is -0.610. The van der Waals surface area contributed by atoms with Crippen molar-refractivity contribution in [2.75, 3.05) is 13.7 Å². The van der Waals surface area contributed by atoms with Gasteiger partial charge in [0, 0.05) is 19.2 Å². The first kappa shape index (κ1) is 14.4. The molecule has 4 heteroatoms. The standard InChI is InChI=1S/C11H24N2O2/c1-6-11(12,7-2)8-13-9(14)10(3,4)15-5/h6-8,12H2,1-5H3,(H,13,14). The minimum absolute atomic E-state index is 0.123. The minimum Gasteiger partial charge on any atom is -0.369 e. The largest absolute Gasteiger partial charge is 0.369 e. The van der Waals surface area contributed by atoms with Gasteiger partial charge in [-0.2, -0.15) is 0 Å². The second kappa shape index (κ2) is 5.47. The summed E-state index contributed by atoms with van der Waals surface area (Å²) in [6.45, 7) is 8.01. The zero-order chi connectivity index (χ0) is 12.1. The normalized spacial score (nSPS) is 12.7. The molecule has 90 valence electrons. The lowest BCUT2D eigenvalue weighted by Gasteiger charge is -2.29. The predicted molar refractivity (Wildman–Crippen MR) is 61.6 cm³/mol. The van der Waals surface area contributed by atoms with Crippen molar-refractivity contribution in [2.24, 2.45) is 5.73 Å². The number of carbonyl (C=O) groups excluding carboxylic acids is 1.